The lowest BCUT2D eigenvalue weighted by Gasteiger charge is -2.19. The van der Waals surface area contributed by atoms with Crippen molar-refractivity contribution in [2.45, 2.75) is 46.0 Å². The van der Waals surface area contributed by atoms with E-state index >= 15 is 0 Å². The molecule has 0 radical (unpaired) electrons. The van der Waals surface area contributed by atoms with Gasteiger partial charge in [0.1, 0.15) is 5.75 Å². The van der Waals surface area contributed by atoms with Gasteiger partial charge in [0.25, 0.3) is 11.8 Å². The molecule has 0 bridgehead atoms. The molecule has 0 unspecified atom stereocenters. The normalized spacial score (nSPS) is 10.7. The van der Waals surface area contributed by atoms with Crippen LogP contribution in [0.1, 0.15) is 56.5 Å². The van der Waals surface area contributed by atoms with Crippen molar-refractivity contribution in [3.63, 3.8) is 0 Å². The number of rotatable bonds is 7. The summed E-state index contributed by atoms with van der Waals surface area (Å²) in [5, 5.41) is 5.11. The smallest absolute Gasteiger partial charge is 0.269 e. The van der Waals surface area contributed by atoms with Crippen LogP contribution in [0.4, 0.5) is 5.69 Å². The van der Waals surface area contributed by atoms with Gasteiger partial charge >= 0.3 is 0 Å². The maximum atomic E-state index is 12.2. The van der Waals surface area contributed by atoms with Crippen molar-refractivity contribution in [1.29, 1.82) is 0 Å². The van der Waals surface area contributed by atoms with Gasteiger partial charge in [0.05, 0.1) is 0 Å². The zero-order valence-electron chi connectivity index (χ0n) is 19.3. The number of thiocarbonyl (C=S) groups is 1. The lowest BCUT2D eigenvalue weighted by Crippen LogP contribution is -2.49. The van der Waals surface area contributed by atoms with Crippen molar-refractivity contribution < 1.29 is 19.1 Å². The molecule has 0 aliphatic heterocycles. The topological polar surface area (TPSA) is 109 Å². The Morgan fingerprint density at radius 2 is 1.55 bits per heavy atom. The van der Waals surface area contributed by atoms with Gasteiger partial charge in [-0.25, -0.2) is 0 Å². The molecular formula is C24H30N4O4S. The third-order valence-corrected chi connectivity index (χ3v) is 4.74. The van der Waals surface area contributed by atoms with E-state index in [0.29, 0.717) is 23.4 Å². The van der Waals surface area contributed by atoms with Crippen LogP contribution in [0.15, 0.2) is 48.5 Å². The van der Waals surface area contributed by atoms with Crippen LogP contribution in [0, 0.1) is 0 Å². The van der Waals surface area contributed by atoms with Gasteiger partial charge in [0, 0.05) is 17.7 Å². The van der Waals surface area contributed by atoms with Gasteiger partial charge in [-0.1, -0.05) is 39.8 Å². The highest BCUT2D eigenvalue weighted by Gasteiger charge is 2.13. The molecule has 0 spiro atoms. The minimum Gasteiger partial charge on any atom is -0.484 e. The molecule has 2 aromatic carbocycles. The van der Waals surface area contributed by atoms with Crippen molar-refractivity contribution in [3.05, 3.63) is 59.7 Å². The molecule has 0 aromatic heterocycles. The number of anilines is 1. The first-order valence-electron chi connectivity index (χ1n) is 10.6. The van der Waals surface area contributed by atoms with Crippen LogP contribution >= 0.6 is 12.2 Å². The predicted molar refractivity (Wildman–Crippen MR) is 132 cm³/mol. The number of hydrogen-bond donors (Lipinski definition) is 4. The third kappa shape index (κ3) is 8.89. The molecule has 0 saturated carbocycles. The Morgan fingerprint density at radius 3 is 2.12 bits per heavy atom. The number of hydrogen-bond acceptors (Lipinski definition) is 5. The maximum Gasteiger partial charge on any atom is 0.269 e. The molecular weight excluding hydrogens is 440 g/mol. The lowest BCUT2D eigenvalue weighted by molar-refractivity contribution is -0.121. The predicted octanol–water partition coefficient (Wildman–Crippen LogP) is 3.44. The fourth-order valence-electron chi connectivity index (χ4n) is 2.74. The van der Waals surface area contributed by atoms with Crippen LogP contribution in [0.3, 0.4) is 0 Å². The van der Waals surface area contributed by atoms with Crippen molar-refractivity contribution in [3.8, 4) is 5.75 Å². The molecule has 0 saturated heterocycles. The summed E-state index contributed by atoms with van der Waals surface area (Å²) >= 11 is 5.02. The maximum absolute atomic E-state index is 12.2. The van der Waals surface area contributed by atoms with E-state index < -0.39 is 11.8 Å². The van der Waals surface area contributed by atoms with E-state index in [1.807, 2.05) is 31.2 Å². The fraction of sp³-hybridized carbons (Fsp3) is 0.333. The van der Waals surface area contributed by atoms with Crippen LogP contribution in [-0.2, 0) is 15.0 Å². The van der Waals surface area contributed by atoms with Gasteiger partial charge in [-0.15, -0.1) is 0 Å². The molecule has 9 heteroatoms. The average Bonchev–Trinajstić information content (AvgIpc) is 2.76. The van der Waals surface area contributed by atoms with E-state index in [9.17, 15) is 14.4 Å². The summed E-state index contributed by atoms with van der Waals surface area (Å²) in [7, 11) is 0. The van der Waals surface area contributed by atoms with Crippen LogP contribution < -0.4 is 26.2 Å². The minimum absolute atomic E-state index is 0.0325. The molecule has 2 rings (SSSR count). The van der Waals surface area contributed by atoms with Gasteiger partial charge < -0.3 is 10.1 Å². The molecule has 3 amide bonds. The summed E-state index contributed by atoms with van der Waals surface area (Å²) in [6, 6.07) is 13.9. The van der Waals surface area contributed by atoms with Crippen molar-refractivity contribution >= 4 is 40.7 Å². The zero-order chi connectivity index (χ0) is 24.4. The summed E-state index contributed by atoms with van der Waals surface area (Å²) in [6.07, 6.45) is 1.19. The number of nitrogens with one attached hydrogen (secondary N) is 4. The molecule has 0 atom stereocenters. The largest absolute Gasteiger partial charge is 0.484 e. The summed E-state index contributed by atoms with van der Waals surface area (Å²) < 4.78 is 5.47. The molecule has 176 valence electrons. The Hall–Kier alpha value is -3.46. The Morgan fingerprint density at radius 1 is 0.909 bits per heavy atom. The molecule has 8 nitrogen and oxygen atoms in total. The zero-order valence-corrected chi connectivity index (χ0v) is 20.1. The Kier molecular flexibility index (Phi) is 9.35. The molecule has 33 heavy (non-hydrogen) atoms. The van der Waals surface area contributed by atoms with Gasteiger partial charge in [0.15, 0.2) is 11.7 Å². The first-order valence-corrected chi connectivity index (χ1v) is 11.0. The first kappa shape index (κ1) is 25.8. The highest BCUT2D eigenvalue weighted by molar-refractivity contribution is 7.80. The van der Waals surface area contributed by atoms with Gasteiger partial charge in [-0.05, 0) is 66.0 Å². The Labute approximate surface area is 199 Å². The number of carbonyl (C=O) groups excluding carboxylic acids is 3. The van der Waals surface area contributed by atoms with Gasteiger partial charge in [-0.2, -0.15) is 0 Å². The third-order valence-electron chi connectivity index (χ3n) is 4.54. The van der Waals surface area contributed by atoms with E-state index in [0.717, 1.165) is 12.0 Å². The van der Waals surface area contributed by atoms with Gasteiger partial charge in [-0.3, -0.25) is 30.6 Å². The van der Waals surface area contributed by atoms with Crippen LogP contribution in [0.25, 0.3) is 0 Å². The number of benzene rings is 2. The van der Waals surface area contributed by atoms with Crippen molar-refractivity contribution in [2.75, 3.05) is 11.9 Å². The SMILES string of the molecule is CCCC(=O)Nc1ccc(C(=O)NNC(=S)NC(=O)COc2ccc(C(C)(C)C)cc2)cc1. The highest BCUT2D eigenvalue weighted by Crippen LogP contribution is 2.24. The number of ether oxygens (including phenoxy) is 1. The minimum atomic E-state index is -0.464. The molecule has 0 aliphatic rings. The molecule has 0 fully saturated rings. The van der Waals surface area contributed by atoms with Crippen molar-refractivity contribution in [2.24, 2.45) is 0 Å². The second-order valence-electron chi connectivity index (χ2n) is 8.40. The standard InChI is InChI=1S/C24H30N4O4S/c1-5-6-20(29)25-18-11-7-16(8-12-18)22(31)27-28-23(33)26-21(30)15-32-19-13-9-17(10-14-19)24(2,3)4/h7-14H,5-6,15H2,1-4H3,(H,25,29)(H,27,31)(H2,26,28,30,33). The summed E-state index contributed by atoms with van der Waals surface area (Å²) in [6.45, 7) is 8.05. The van der Waals surface area contributed by atoms with Gasteiger partial charge in [0.2, 0.25) is 5.91 Å². The van der Waals surface area contributed by atoms with Crippen LogP contribution in [0.5, 0.6) is 5.75 Å². The Bertz CT molecular complexity index is 983. The van der Waals surface area contributed by atoms with Crippen LogP contribution in [0.2, 0.25) is 0 Å². The second-order valence-corrected chi connectivity index (χ2v) is 8.80. The van der Waals surface area contributed by atoms with Crippen LogP contribution in [-0.4, -0.2) is 29.4 Å². The van der Waals surface area contributed by atoms with E-state index in [2.05, 4.69) is 42.3 Å². The Balaban J connectivity index is 1.74. The summed E-state index contributed by atoms with van der Waals surface area (Å²) in [4.78, 5) is 35.9. The summed E-state index contributed by atoms with van der Waals surface area (Å²) in [5.41, 5.74) is 7.03. The molecule has 4 N–H and O–H groups in total. The average molecular weight is 471 g/mol. The van der Waals surface area contributed by atoms with E-state index in [-0.39, 0.29) is 23.0 Å². The van der Waals surface area contributed by atoms with E-state index in [1.165, 1.54) is 0 Å². The lowest BCUT2D eigenvalue weighted by atomic mass is 9.87. The number of hydrazine groups is 1. The number of amides is 3. The second kappa shape index (κ2) is 12.0. The summed E-state index contributed by atoms with van der Waals surface area (Å²) in [5.74, 6) is -0.426. The highest BCUT2D eigenvalue weighted by atomic mass is 32.1. The first-order chi connectivity index (χ1) is 15.6. The fourth-order valence-corrected chi connectivity index (χ4v) is 2.90. The van der Waals surface area contributed by atoms with E-state index in [1.54, 1.807) is 24.3 Å². The monoisotopic (exact) mass is 470 g/mol. The van der Waals surface area contributed by atoms with E-state index in [4.69, 9.17) is 17.0 Å². The molecule has 2 aromatic rings. The van der Waals surface area contributed by atoms with Crippen molar-refractivity contribution in [1.82, 2.24) is 16.2 Å². The molecule has 0 aliphatic carbocycles. The number of carbonyl (C=O) groups is 3. The quantitative estimate of drug-likeness (QED) is 0.365. The molecule has 0 heterocycles.